The van der Waals surface area contributed by atoms with Crippen molar-refractivity contribution < 1.29 is 9.59 Å². The van der Waals surface area contributed by atoms with Crippen LogP contribution in [0.15, 0.2) is 30.3 Å². The van der Waals surface area contributed by atoms with E-state index in [1.165, 1.54) is 0 Å². The van der Waals surface area contributed by atoms with Gasteiger partial charge < -0.3 is 20.4 Å². The molecule has 4 aliphatic rings. The van der Waals surface area contributed by atoms with Gasteiger partial charge in [0.05, 0.1) is 18.0 Å². The van der Waals surface area contributed by atoms with Gasteiger partial charge in [-0.05, 0) is 43.7 Å². The van der Waals surface area contributed by atoms with E-state index in [-0.39, 0.29) is 29.7 Å². The van der Waals surface area contributed by atoms with Crippen LogP contribution in [0.3, 0.4) is 0 Å². The van der Waals surface area contributed by atoms with Crippen molar-refractivity contribution in [2.75, 3.05) is 33.2 Å². The van der Waals surface area contributed by atoms with Crippen LogP contribution in [0.25, 0.3) is 0 Å². The molecule has 0 aliphatic carbocycles. The molecule has 4 fully saturated rings. The van der Waals surface area contributed by atoms with E-state index in [0.717, 1.165) is 25.1 Å². The fourth-order valence-electron chi connectivity index (χ4n) is 6.60. The Balaban J connectivity index is 1.37. The van der Waals surface area contributed by atoms with Crippen LogP contribution in [-0.2, 0) is 9.59 Å². The predicted octanol–water partition coefficient (Wildman–Crippen LogP) is 1.02. The van der Waals surface area contributed by atoms with Gasteiger partial charge in [0.25, 0.3) is 0 Å². The van der Waals surface area contributed by atoms with Crippen LogP contribution in [0.1, 0.15) is 30.7 Å². The zero-order valence-electron chi connectivity index (χ0n) is 18.1. The third-order valence-corrected chi connectivity index (χ3v) is 8.04. The Hall–Kier alpha value is -2.43. The summed E-state index contributed by atoms with van der Waals surface area (Å²) in [5, 5.41) is 9.72. The summed E-state index contributed by atoms with van der Waals surface area (Å²) >= 11 is 0. The third kappa shape index (κ3) is 3.42. The molecule has 2 amide bonds. The van der Waals surface area contributed by atoms with Crippen LogP contribution in [0.2, 0.25) is 0 Å². The van der Waals surface area contributed by atoms with Crippen molar-refractivity contribution in [2.24, 2.45) is 23.5 Å². The molecule has 2 N–H and O–H groups in total. The Morgan fingerprint density at radius 2 is 1.90 bits per heavy atom. The molecule has 1 aromatic rings. The Kier molecular flexibility index (Phi) is 5.23. The molecule has 164 valence electrons. The standard InChI is InChI=1S/C24H31N5O2/c1-27-11-16-9-20(26)23(30)29-21(19(16)13-27)7-8-22(29)24(31)28-12-17(10-25)18(14-28)15-5-3-2-4-6-15/h2-6,16-22H,7-9,11-14,26H2,1H3/t16?,17-,18+,19+,20+,21-,22+/m1/s1. The van der Waals surface area contributed by atoms with Gasteiger partial charge >= 0.3 is 0 Å². The molecule has 4 aliphatic heterocycles. The highest BCUT2D eigenvalue weighted by atomic mass is 16.2. The summed E-state index contributed by atoms with van der Waals surface area (Å²) in [5.74, 6) is 0.536. The topological polar surface area (TPSA) is 93.7 Å². The first kappa shape index (κ1) is 20.5. The van der Waals surface area contributed by atoms with E-state index in [2.05, 4.69) is 18.0 Å². The number of nitriles is 1. The molecule has 0 spiro atoms. The van der Waals surface area contributed by atoms with Gasteiger partial charge in [-0.2, -0.15) is 5.26 Å². The van der Waals surface area contributed by atoms with E-state index < -0.39 is 12.1 Å². The molecule has 0 radical (unpaired) electrons. The van der Waals surface area contributed by atoms with Crippen molar-refractivity contribution in [3.8, 4) is 6.07 Å². The number of nitrogens with zero attached hydrogens (tertiary/aromatic N) is 4. The van der Waals surface area contributed by atoms with Gasteiger partial charge in [-0.1, -0.05) is 30.3 Å². The Labute approximate surface area is 183 Å². The van der Waals surface area contributed by atoms with Crippen molar-refractivity contribution in [3.05, 3.63) is 35.9 Å². The smallest absolute Gasteiger partial charge is 0.245 e. The Bertz CT molecular complexity index is 899. The molecular formula is C24H31N5O2. The maximum absolute atomic E-state index is 13.6. The van der Waals surface area contributed by atoms with E-state index >= 15 is 0 Å². The highest BCUT2D eigenvalue weighted by molar-refractivity contribution is 5.91. The average molecular weight is 422 g/mol. The lowest BCUT2D eigenvalue weighted by Crippen LogP contribution is -2.54. The van der Waals surface area contributed by atoms with Crippen LogP contribution in [0.5, 0.6) is 0 Å². The number of hydrogen-bond donors (Lipinski definition) is 1. The molecule has 0 bridgehead atoms. The molecule has 4 saturated heterocycles. The average Bonchev–Trinajstić information content (AvgIpc) is 3.48. The first-order chi connectivity index (χ1) is 15.0. The maximum Gasteiger partial charge on any atom is 0.245 e. The van der Waals surface area contributed by atoms with Gasteiger partial charge in [0.2, 0.25) is 11.8 Å². The number of benzene rings is 1. The lowest BCUT2D eigenvalue weighted by atomic mass is 9.85. The Morgan fingerprint density at radius 1 is 1.13 bits per heavy atom. The zero-order chi connectivity index (χ0) is 21.7. The molecule has 7 nitrogen and oxygen atoms in total. The first-order valence-electron chi connectivity index (χ1n) is 11.5. The van der Waals surface area contributed by atoms with Crippen molar-refractivity contribution in [1.29, 1.82) is 5.26 Å². The summed E-state index contributed by atoms with van der Waals surface area (Å²) in [7, 11) is 2.12. The highest BCUT2D eigenvalue weighted by Crippen LogP contribution is 2.42. The van der Waals surface area contributed by atoms with Crippen molar-refractivity contribution in [1.82, 2.24) is 14.7 Å². The SMILES string of the molecule is CN1CC2C[C@H](N)C(=O)N3[C@H](CC[C@H]3C(=O)N3C[C@@H](C#N)[C@H](c4ccccc4)C3)[C@H]2C1. The fourth-order valence-corrected chi connectivity index (χ4v) is 6.60. The molecular weight excluding hydrogens is 390 g/mol. The van der Waals surface area contributed by atoms with Gasteiger partial charge in [0.1, 0.15) is 6.04 Å². The van der Waals surface area contributed by atoms with Crippen molar-refractivity contribution in [2.45, 2.75) is 43.3 Å². The third-order valence-electron chi connectivity index (χ3n) is 8.04. The zero-order valence-corrected chi connectivity index (χ0v) is 18.1. The minimum absolute atomic E-state index is 0.00784. The van der Waals surface area contributed by atoms with Crippen LogP contribution in [-0.4, -0.2) is 77.9 Å². The second-order valence-electron chi connectivity index (χ2n) is 9.89. The number of carbonyl (C=O) groups excluding carboxylic acids is 2. The number of nitrogens with two attached hydrogens (primary N) is 1. The lowest BCUT2D eigenvalue weighted by Gasteiger charge is -2.34. The number of hydrogen-bond acceptors (Lipinski definition) is 5. The molecule has 7 atom stereocenters. The summed E-state index contributed by atoms with van der Waals surface area (Å²) < 4.78 is 0. The predicted molar refractivity (Wildman–Crippen MR) is 116 cm³/mol. The molecule has 5 rings (SSSR count). The molecule has 4 heterocycles. The van der Waals surface area contributed by atoms with Gasteiger partial charge in [0.15, 0.2) is 0 Å². The second kappa shape index (κ2) is 7.92. The largest absolute Gasteiger partial charge is 0.339 e. The van der Waals surface area contributed by atoms with Crippen LogP contribution < -0.4 is 5.73 Å². The molecule has 1 unspecified atom stereocenters. The van der Waals surface area contributed by atoms with Crippen molar-refractivity contribution in [3.63, 3.8) is 0 Å². The molecule has 0 saturated carbocycles. The normalized spacial score (nSPS) is 38.0. The van der Waals surface area contributed by atoms with Gasteiger partial charge in [-0.3, -0.25) is 9.59 Å². The molecule has 0 aromatic heterocycles. The van der Waals surface area contributed by atoms with Crippen molar-refractivity contribution >= 4 is 11.8 Å². The summed E-state index contributed by atoms with van der Waals surface area (Å²) in [5.41, 5.74) is 7.41. The molecule has 31 heavy (non-hydrogen) atoms. The maximum atomic E-state index is 13.6. The summed E-state index contributed by atoms with van der Waals surface area (Å²) in [6.45, 7) is 2.90. The molecule has 1 aromatic carbocycles. The van der Waals surface area contributed by atoms with Gasteiger partial charge in [-0.15, -0.1) is 0 Å². The van der Waals surface area contributed by atoms with Crippen LogP contribution in [0, 0.1) is 29.1 Å². The lowest BCUT2D eigenvalue weighted by molar-refractivity contribution is -0.145. The van der Waals surface area contributed by atoms with E-state index in [0.29, 0.717) is 37.8 Å². The van der Waals surface area contributed by atoms with E-state index in [9.17, 15) is 14.9 Å². The monoisotopic (exact) mass is 421 g/mol. The second-order valence-corrected chi connectivity index (χ2v) is 9.89. The Morgan fingerprint density at radius 3 is 2.65 bits per heavy atom. The molecule has 7 heteroatoms. The van der Waals surface area contributed by atoms with Crippen LogP contribution >= 0.6 is 0 Å². The fraction of sp³-hybridized carbons (Fsp3) is 0.625. The number of likely N-dealkylation sites (tertiary alicyclic amines) is 2. The quantitative estimate of drug-likeness (QED) is 0.770. The van der Waals surface area contributed by atoms with E-state index in [4.69, 9.17) is 5.73 Å². The van der Waals surface area contributed by atoms with Gasteiger partial charge in [0, 0.05) is 38.1 Å². The minimum atomic E-state index is -0.528. The van der Waals surface area contributed by atoms with E-state index in [1.54, 1.807) is 0 Å². The summed E-state index contributed by atoms with van der Waals surface area (Å²) in [6.07, 6.45) is 2.26. The first-order valence-corrected chi connectivity index (χ1v) is 11.5. The number of rotatable bonds is 2. The summed E-state index contributed by atoms with van der Waals surface area (Å²) in [4.78, 5) is 32.9. The number of carbonyl (C=O) groups is 2. The number of amides is 2. The summed E-state index contributed by atoms with van der Waals surface area (Å²) in [6, 6.07) is 11.5. The van der Waals surface area contributed by atoms with E-state index in [1.807, 2.05) is 40.1 Å². The van der Waals surface area contributed by atoms with Gasteiger partial charge in [-0.25, -0.2) is 0 Å². The number of fused-ring (bicyclic) bond motifs is 3. The minimum Gasteiger partial charge on any atom is -0.339 e. The van der Waals surface area contributed by atoms with Crippen LogP contribution in [0.4, 0.5) is 0 Å². The highest BCUT2D eigenvalue weighted by Gasteiger charge is 2.53.